The minimum atomic E-state index is -3.97. The van der Waals surface area contributed by atoms with Crippen molar-refractivity contribution in [2.75, 3.05) is 0 Å². The van der Waals surface area contributed by atoms with Gasteiger partial charge in [0.2, 0.25) is 0 Å². The van der Waals surface area contributed by atoms with Gasteiger partial charge in [-0.2, -0.15) is 0 Å². The SMILES string of the molecule is C[C@@H]1Oc2c(C(=O)NS(=O)(=O)c3cccnc3)cccc2[C@H]1C. The second-order valence-electron chi connectivity index (χ2n) is 5.46. The molecule has 0 fully saturated rings. The summed E-state index contributed by atoms with van der Waals surface area (Å²) in [5.74, 6) is -0.119. The summed E-state index contributed by atoms with van der Waals surface area (Å²) >= 11 is 0. The van der Waals surface area contributed by atoms with E-state index in [1.165, 1.54) is 24.5 Å². The Morgan fingerprint density at radius 3 is 2.70 bits per heavy atom. The number of benzene rings is 1. The molecule has 1 amide bonds. The topological polar surface area (TPSA) is 85.4 Å². The Hall–Kier alpha value is -2.41. The molecule has 0 saturated carbocycles. The van der Waals surface area contributed by atoms with Crippen LogP contribution in [0.5, 0.6) is 5.75 Å². The number of ether oxygens (including phenoxy) is 1. The minimum Gasteiger partial charge on any atom is -0.489 e. The Bertz CT molecular complexity index is 850. The number of amides is 1. The summed E-state index contributed by atoms with van der Waals surface area (Å²) < 4.78 is 32.2. The van der Waals surface area contributed by atoms with Crippen LogP contribution in [0, 0.1) is 0 Å². The highest BCUT2D eigenvalue weighted by molar-refractivity contribution is 7.90. The van der Waals surface area contributed by atoms with Crippen LogP contribution in [0.3, 0.4) is 0 Å². The number of hydrogen-bond acceptors (Lipinski definition) is 5. The fourth-order valence-electron chi connectivity index (χ4n) is 2.51. The van der Waals surface area contributed by atoms with Crippen molar-refractivity contribution < 1.29 is 17.9 Å². The lowest BCUT2D eigenvalue weighted by Crippen LogP contribution is -2.31. The van der Waals surface area contributed by atoms with E-state index in [4.69, 9.17) is 4.74 Å². The third kappa shape index (κ3) is 2.79. The smallest absolute Gasteiger partial charge is 0.268 e. The van der Waals surface area contributed by atoms with Gasteiger partial charge in [0.25, 0.3) is 15.9 Å². The van der Waals surface area contributed by atoms with Crippen LogP contribution in [0.2, 0.25) is 0 Å². The molecule has 6 nitrogen and oxygen atoms in total. The molecule has 0 bridgehead atoms. The quantitative estimate of drug-likeness (QED) is 0.930. The summed E-state index contributed by atoms with van der Waals surface area (Å²) in [6.07, 6.45) is 2.58. The fourth-order valence-corrected chi connectivity index (χ4v) is 3.44. The zero-order valence-electron chi connectivity index (χ0n) is 12.7. The van der Waals surface area contributed by atoms with Crippen molar-refractivity contribution in [2.24, 2.45) is 0 Å². The van der Waals surface area contributed by atoms with Crippen molar-refractivity contribution >= 4 is 15.9 Å². The number of nitrogens with one attached hydrogen (secondary N) is 1. The summed E-state index contributed by atoms with van der Waals surface area (Å²) in [5.41, 5.74) is 1.12. The van der Waals surface area contributed by atoms with E-state index in [0.717, 1.165) is 5.56 Å². The highest BCUT2D eigenvalue weighted by Gasteiger charge is 2.32. The van der Waals surface area contributed by atoms with Gasteiger partial charge in [0.15, 0.2) is 0 Å². The molecular formula is C16H16N2O4S. The molecule has 2 atom stereocenters. The van der Waals surface area contributed by atoms with E-state index in [1.54, 1.807) is 12.1 Å². The number of aromatic nitrogens is 1. The molecule has 120 valence electrons. The monoisotopic (exact) mass is 332 g/mol. The molecule has 23 heavy (non-hydrogen) atoms. The Morgan fingerprint density at radius 2 is 2.00 bits per heavy atom. The van der Waals surface area contributed by atoms with Gasteiger partial charge in [-0.05, 0) is 25.1 Å². The number of pyridine rings is 1. The Labute approximate surface area is 134 Å². The average Bonchev–Trinajstić information content (AvgIpc) is 2.83. The predicted octanol–water partition coefficient (Wildman–Crippen LogP) is 2.08. The predicted molar refractivity (Wildman–Crippen MR) is 83.8 cm³/mol. The van der Waals surface area contributed by atoms with Gasteiger partial charge in [0, 0.05) is 23.9 Å². The summed E-state index contributed by atoms with van der Waals surface area (Å²) in [6, 6.07) is 8.03. The molecule has 3 rings (SSSR count). The van der Waals surface area contributed by atoms with Crippen LogP contribution in [0.4, 0.5) is 0 Å². The summed E-state index contributed by atoms with van der Waals surface area (Å²) in [7, 11) is -3.97. The normalized spacial score (nSPS) is 19.7. The van der Waals surface area contributed by atoms with E-state index < -0.39 is 15.9 Å². The number of para-hydroxylation sites is 1. The number of fused-ring (bicyclic) bond motifs is 1. The van der Waals surface area contributed by atoms with Gasteiger partial charge in [-0.1, -0.05) is 19.1 Å². The summed E-state index contributed by atoms with van der Waals surface area (Å²) in [6.45, 7) is 3.92. The maximum absolute atomic E-state index is 12.4. The number of carbonyl (C=O) groups is 1. The Kier molecular flexibility index (Phi) is 3.81. The molecule has 2 heterocycles. The minimum absolute atomic E-state index is 0.0612. The zero-order chi connectivity index (χ0) is 16.6. The van der Waals surface area contributed by atoms with Crippen LogP contribution >= 0.6 is 0 Å². The Morgan fingerprint density at radius 1 is 1.22 bits per heavy atom. The number of hydrogen-bond donors (Lipinski definition) is 1. The first kappa shape index (κ1) is 15.5. The number of carbonyl (C=O) groups excluding carboxylic acids is 1. The molecule has 0 saturated heterocycles. The maximum Gasteiger partial charge on any atom is 0.268 e. The van der Waals surface area contributed by atoms with Crippen LogP contribution in [-0.4, -0.2) is 25.4 Å². The first-order valence-electron chi connectivity index (χ1n) is 7.17. The van der Waals surface area contributed by atoms with Gasteiger partial charge in [0.1, 0.15) is 16.7 Å². The van der Waals surface area contributed by atoms with Crippen LogP contribution in [0.25, 0.3) is 0 Å². The second kappa shape index (κ2) is 5.66. The van der Waals surface area contributed by atoms with E-state index >= 15 is 0 Å². The molecule has 0 radical (unpaired) electrons. The van der Waals surface area contributed by atoms with Gasteiger partial charge in [-0.25, -0.2) is 13.1 Å². The van der Waals surface area contributed by atoms with Crippen LogP contribution in [0.1, 0.15) is 35.7 Å². The maximum atomic E-state index is 12.4. The van der Waals surface area contributed by atoms with Crippen LogP contribution in [0.15, 0.2) is 47.6 Å². The molecule has 1 aliphatic rings. The number of nitrogens with zero attached hydrogens (tertiary/aromatic N) is 1. The lowest BCUT2D eigenvalue weighted by Gasteiger charge is -2.10. The highest BCUT2D eigenvalue weighted by atomic mass is 32.2. The first-order valence-corrected chi connectivity index (χ1v) is 8.65. The summed E-state index contributed by atoms with van der Waals surface area (Å²) in [4.78, 5) is 16.1. The van der Waals surface area contributed by atoms with E-state index in [-0.39, 0.29) is 22.5 Å². The van der Waals surface area contributed by atoms with Crippen molar-refractivity contribution in [3.63, 3.8) is 0 Å². The van der Waals surface area contributed by atoms with Crippen molar-refractivity contribution in [1.82, 2.24) is 9.71 Å². The van der Waals surface area contributed by atoms with E-state index in [1.807, 2.05) is 19.9 Å². The van der Waals surface area contributed by atoms with Crippen LogP contribution < -0.4 is 9.46 Å². The molecule has 1 N–H and O–H groups in total. The highest BCUT2D eigenvalue weighted by Crippen LogP contribution is 2.40. The van der Waals surface area contributed by atoms with Crippen molar-refractivity contribution in [1.29, 1.82) is 0 Å². The Balaban J connectivity index is 1.92. The molecular weight excluding hydrogens is 316 g/mol. The first-order chi connectivity index (χ1) is 10.9. The molecule has 7 heteroatoms. The largest absolute Gasteiger partial charge is 0.489 e. The van der Waals surface area contributed by atoms with Crippen LogP contribution in [-0.2, 0) is 10.0 Å². The molecule has 0 spiro atoms. The van der Waals surface area contributed by atoms with Gasteiger partial charge < -0.3 is 4.74 Å². The molecule has 0 unspecified atom stereocenters. The van der Waals surface area contributed by atoms with Crippen molar-refractivity contribution in [3.8, 4) is 5.75 Å². The van der Waals surface area contributed by atoms with E-state index in [0.29, 0.717) is 5.75 Å². The number of rotatable bonds is 3. The van der Waals surface area contributed by atoms with E-state index in [9.17, 15) is 13.2 Å². The van der Waals surface area contributed by atoms with Gasteiger partial charge >= 0.3 is 0 Å². The molecule has 1 aliphatic heterocycles. The second-order valence-corrected chi connectivity index (χ2v) is 7.14. The van der Waals surface area contributed by atoms with E-state index in [2.05, 4.69) is 9.71 Å². The molecule has 0 aliphatic carbocycles. The third-order valence-corrected chi connectivity index (χ3v) is 5.28. The molecule has 2 aromatic rings. The summed E-state index contributed by atoms with van der Waals surface area (Å²) in [5, 5.41) is 0. The standard InChI is InChI=1S/C16H16N2O4S/c1-10-11(2)22-15-13(10)6-3-7-14(15)16(19)18-23(20,21)12-5-4-8-17-9-12/h3-11H,1-2H3,(H,18,19)/t10-,11-/m0/s1. The van der Waals surface area contributed by atoms with Gasteiger partial charge in [-0.3, -0.25) is 9.78 Å². The van der Waals surface area contributed by atoms with Gasteiger partial charge in [0.05, 0.1) is 5.56 Å². The zero-order valence-corrected chi connectivity index (χ0v) is 13.5. The van der Waals surface area contributed by atoms with Crippen molar-refractivity contribution in [2.45, 2.75) is 30.8 Å². The average molecular weight is 332 g/mol. The lowest BCUT2D eigenvalue weighted by molar-refractivity contribution is 0.0976. The molecule has 1 aromatic carbocycles. The van der Waals surface area contributed by atoms with Crippen molar-refractivity contribution in [3.05, 3.63) is 53.9 Å². The van der Waals surface area contributed by atoms with Gasteiger partial charge in [-0.15, -0.1) is 0 Å². The number of sulfonamides is 1. The lowest BCUT2D eigenvalue weighted by atomic mass is 9.97. The third-order valence-electron chi connectivity index (χ3n) is 3.96. The fraction of sp³-hybridized carbons (Fsp3) is 0.250. The molecule has 1 aromatic heterocycles.